The van der Waals surface area contributed by atoms with Crippen molar-refractivity contribution in [2.24, 2.45) is 10.7 Å². The van der Waals surface area contributed by atoms with Gasteiger partial charge in [-0.1, -0.05) is 0 Å². The first-order valence-corrected chi connectivity index (χ1v) is 9.93. The third-order valence-corrected chi connectivity index (χ3v) is 6.16. The van der Waals surface area contributed by atoms with Gasteiger partial charge >= 0.3 is 0 Å². The lowest BCUT2D eigenvalue weighted by Gasteiger charge is -2.39. The smallest absolute Gasteiger partial charge is 0.154 e. The SMILES string of the molecule is CCN1C(C(C)F)=NC2CN(C3CO[C@H](c4cc(F)ccc4F)C(N)C3)CC21. The second-order valence-corrected chi connectivity index (χ2v) is 7.95. The van der Waals surface area contributed by atoms with Gasteiger partial charge in [-0.15, -0.1) is 0 Å². The minimum absolute atomic E-state index is 0.0581. The van der Waals surface area contributed by atoms with Crippen LogP contribution in [0.3, 0.4) is 0 Å². The number of halogens is 3. The highest BCUT2D eigenvalue weighted by atomic mass is 19.1. The second kappa shape index (κ2) is 7.65. The number of aliphatic imine (C=N–C) groups is 1. The standard InChI is InChI=1S/C20H27F3N4O/c1-3-27-18-9-26(8-17(18)25-20(27)11(2)21)13-7-16(24)19(28-10-13)14-6-12(22)4-5-15(14)23/h4-6,11,13,16-19H,3,7-10,24H2,1-2H3/t11?,13?,16?,17?,18?,19-/m1/s1. The number of nitrogens with zero attached hydrogens (tertiary/aromatic N) is 3. The summed E-state index contributed by atoms with van der Waals surface area (Å²) >= 11 is 0. The minimum Gasteiger partial charge on any atom is -0.370 e. The molecule has 0 bridgehead atoms. The lowest BCUT2D eigenvalue weighted by Crippen LogP contribution is -2.50. The molecule has 2 fully saturated rings. The Kier molecular flexibility index (Phi) is 5.37. The molecule has 0 saturated carbocycles. The lowest BCUT2D eigenvalue weighted by atomic mass is 9.93. The molecule has 2 saturated heterocycles. The zero-order chi connectivity index (χ0) is 20.0. The zero-order valence-electron chi connectivity index (χ0n) is 16.2. The summed E-state index contributed by atoms with van der Waals surface area (Å²) in [5.41, 5.74) is 6.46. The minimum atomic E-state index is -1.06. The molecule has 1 aromatic rings. The third-order valence-electron chi connectivity index (χ3n) is 6.16. The van der Waals surface area contributed by atoms with E-state index in [4.69, 9.17) is 10.5 Å². The molecule has 154 valence electrons. The van der Waals surface area contributed by atoms with Crippen molar-refractivity contribution in [1.82, 2.24) is 9.80 Å². The fourth-order valence-corrected chi connectivity index (χ4v) is 4.82. The molecule has 0 amide bonds. The fraction of sp³-hybridized carbons (Fsp3) is 0.650. The average molecular weight is 396 g/mol. The predicted octanol–water partition coefficient (Wildman–Crippen LogP) is 2.27. The Bertz CT molecular complexity index is 759. The number of alkyl halides is 1. The molecular weight excluding hydrogens is 369 g/mol. The molecule has 1 aromatic carbocycles. The van der Waals surface area contributed by atoms with Gasteiger partial charge in [0.2, 0.25) is 0 Å². The molecular formula is C20H27F3N4O. The maximum absolute atomic E-state index is 14.1. The number of likely N-dealkylation sites (tertiary alicyclic amines) is 1. The highest BCUT2D eigenvalue weighted by molar-refractivity contribution is 5.88. The lowest BCUT2D eigenvalue weighted by molar-refractivity contribution is -0.0480. The van der Waals surface area contributed by atoms with Gasteiger partial charge in [0.15, 0.2) is 6.17 Å². The number of hydrogen-bond acceptors (Lipinski definition) is 5. The number of amidine groups is 1. The van der Waals surface area contributed by atoms with E-state index >= 15 is 0 Å². The van der Waals surface area contributed by atoms with E-state index in [0.29, 0.717) is 18.9 Å². The van der Waals surface area contributed by atoms with Crippen molar-refractivity contribution >= 4 is 5.84 Å². The first-order valence-electron chi connectivity index (χ1n) is 9.93. The molecule has 0 spiro atoms. The summed E-state index contributed by atoms with van der Waals surface area (Å²) in [6, 6.07) is 3.25. The number of rotatable bonds is 4. The number of likely N-dealkylation sites (N-methyl/N-ethyl adjacent to an activating group) is 1. The maximum Gasteiger partial charge on any atom is 0.154 e. The first-order chi connectivity index (χ1) is 13.4. The molecule has 4 rings (SSSR count). The van der Waals surface area contributed by atoms with E-state index in [2.05, 4.69) is 14.8 Å². The van der Waals surface area contributed by atoms with Crippen LogP contribution in [0.1, 0.15) is 31.9 Å². The van der Waals surface area contributed by atoms with Crippen LogP contribution >= 0.6 is 0 Å². The van der Waals surface area contributed by atoms with Crippen molar-refractivity contribution in [2.45, 2.75) is 56.7 Å². The molecule has 3 aliphatic heterocycles. The number of ether oxygens (including phenoxy) is 1. The molecule has 28 heavy (non-hydrogen) atoms. The Balaban J connectivity index is 1.43. The highest BCUT2D eigenvalue weighted by Gasteiger charge is 2.46. The second-order valence-electron chi connectivity index (χ2n) is 7.95. The van der Waals surface area contributed by atoms with E-state index in [0.717, 1.165) is 37.8 Å². The number of hydrogen-bond donors (Lipinski definition) is 1. The monoisotopic (exact) mass is 396 g/mol. The van der Waals surface area contributed by atoms with Crippen molar-refractivity contribution in [3.63, 3.8) is 0 Å². The molecule has 5 nitrogen and oxygen atoms in total. The summed E-state index contributed by atoms with van der Waals surface area (Å²) in [5.74, 6) is -0.454. The molecule has 3 aliphatic rings. The van der Waals surface area contributed by atoms with Gasteiger partial charge in [0.1, 0.15) is 23.6 Å². The maximum atomic E-state index is 14.1. The van der Waals surface area contributed by atoms with E-state index in [9.17, 15) is 13.2 Å². The van der Waals surface area contributed by atoms with Crippen molar-refractivity contribution in [2.75, 3.05) is 26.2 Å². The van der Waals surface area contributed by atoms with Gasteiger partial charge in [-0.25, -0.2) is 13.2 Å². The van der Waals surface area contributed by atoms with Gasteiger partial charge in [-0.3, -0.25) is 9.89 Å². The van der Waals surface area contributed by atoms with E-state index in [1.165, 1.54) is 6.92 Å². The molecule has 8 heteroatoms. The summed E-state index contributed by atoms with van der Waals surface area (Å²) in [4.78, 5) is 8.96. The van der Waals surface area contributed by atoms with Crippen LogP contribution in [0.4, 0.5) is 13.2 Å². The summed E-state index contributed by atoms with van der Waals surface area (Å²) < 4.78 is 47.4. The van der Waals surface area contributed by atoms with Gasteiger partial charge in [0.05, 0.1) is 18.7 Å². The molecule has 2 N–H and O–H groups in total. The largest absolute Gasteiger partial charge is 0.370 e. The van der Waals surface area contributed by atoms with Crippen LogP contribution in [-0.4, -0.2) is 72.2 Å². The molecule has 0 radical (unpaired) electrons. The van der Waals surface area contributed by atoms with E-state index in [-0.39, 0.29) is 23.7 Å². The normalized spacial score (nSPS) is 34.4. The molecule has 0 aromatic heterocycles. The Morgan fingerprint density at radius 2 is 2.11 bits per heavy atom. The highest BCUT2D eigenvalue weighted by Crippen LogP contribution is 2.34. The third kappa shape index (κ3) is 3.42. The zero-order valence-corrected chi connectivity index (χ0v) is 16.2. The number of benzene rings is 1. The van der Waals surface area contributed by atoms with Crippen LogP contribution in [-0.2, 0) is 4.74 Å². The summed E-state index contributed by atoms with van der Waals surface area (Å²) in [5, 5.41) is 0. The van der Waals surface area contributed by atoms with Gasteiger partial charge in [0.25, 0.3) is 0 Å². The Labute approximate surface area is 163 Å². The van der Waals surface area contributed by atoms with E-state index in [1.54, 1.807) is 0 Å². The Morgan fingerprint density at radius 1 is 1.32 bits per heavy atom. The van der Waals surface area contributed by atoms with Crippen LogP contribution in [0.15, 0.2) is 23.2 Å². The van der Waals surface area contributed by atoms with Crippen molar-refractivity contribution < 1.29 is 17.9 Å². The quantitative estimate of drug-likeness (QED) is 0.848. The summed E-state index contributed by atoms with van der Waals surface area (Å²) in [6.45, 7) is 6.18. The van der Waals surface area contributed by atoms with Crippen LogP contribution in [0.25, 0.3) is 0 Å². The van der Waals surface area contributed by atoms with Gasteiger partial charge in [0, 0.05) is 37.3 Å². The van der Waals surface area contributed by atoms with E-state index in [1.807, 2.05) is 6.92 Å². The van der Waals surface area contributed by atoms with Crippen molar-refractivity contribution in [1.29, 1.82) is 0 Å². The van der Waals surface area contributed by atoms with Crippen LogP contribution in [0.5, 0.6) is 0 Å². The van der Waals surface area contributed by atoms with Crippen LogP contribution < -0.4 is 5.73 Å². The molecule has 6 atom stereocenters. The van der Waals surface area contributed by atoms with Gasteiger partial charge < -0.3 is 15.4 Å². The first kappa shape index (κ1) is 19.7. The Morgan fingerprint density at radius 3 is 2.79 bits per heavy atom. The molecule has 5 unspecified atom stereocenters. The van der Waals surface area contributed by atoms with Crippen LogP contribution in [0, 0.1) is 11.6 Å². The molecule has 0 aliphatic carbocycles. The Hall–Kier alpha value is -1.64. The van der Waals surface area contributed by atoms with E-state index < -0.39 is 30.0 Å². The average Bonchev–Trinajstić information content (AvgIpc) is 3.21. The van der Waals surface area contributed by atoms with Crippen molar-refractivity contribution in [3.05, 3.63) is 35.4 Å². The number of fused-ring (bicyclic) bond motifs is 1. The fourth-order valence-electron chi connectivity index (χ4n) is 4.82. The predicted molar refractivity (Wildman–Crippen MR) is 101 cm³/mol. The van der Waals surface area contributed by atoms with Gasteiger partial charge in [-0.2, -0.15) is 0 Å². The molecule has 3 heterocycles. The summed E-state index contributed by atoms with van der Waals surface area (Å²) in [6.07, 6.45) is -1.09. The number of nitrogens with two attached hydrogens (primary N) is 1. The van der Waals surface area contributed by atoms with Crippen LogP contribution in [0.2, 0.25) is 0 Å². The van der Waals surface area contributed by atoms with Crippen molar-refractivity contribution in [3.8, 4) is 0 Å². The summed E-state index contributed by atoms with van der Waals surface area (Å²) in [7, 11) is 0. The van der Waals surface area contributed by atoms with Gasteiger partial charge in [-0.05, 0) is 38.5 Å². The topological polar surface area (TPSA) is 54.1 Å².